The predicted molar refractivity (Wildman–Crippen MR) is 91.7 cm³/mol. The zero-order chi connectivity index (χ0) is 16.0. The average molecular weight is 330 g/mol. The molecular weight excluding hydrogens is 308 g/mol. The van der Waals surface area contributed by atoms with Gasteiger partial charge in [0.25, 0.3) is 0 Å². The maximum Gasteiger partial charge on any atom is 0.238 e. The molecule has 4 rings (SSSR count). The van der Waals surface area contributed by atoms with Crippen molar-refractivity contribution in [1.29, 1.82) is 0 Å². The van der Waals surface area contributed by atoms with Crippen LogP contribution in [-0.4, -0.2) is 14.5 Å². The van der Waals surface area contributed by atoms with Gasteiger partial charge in [0.15, 0.2) is 0 Å². The molecule has 0 saturated heterocycles. The van der Waals surface area contributed by atoms with Crippen molar-refractivity contribution >= 4 is 15.7 Å². The second-order valence-electron chi connectivity index (χ2n) is 6.86. The highest BCUT2D eigenvalue weighted by molar-refractivity contribution is 7.89. The molecule has 1 aromatic carbocycles. The molecule has 4 nitrogen and oxygen atoms in total. The van der Waals surface area contributed by atoms with Crippen molar-refractivity contribution in [2.45, 2.75) is 42.5 Å². The van der Waals surface area contributed by atoms with Crippen molar-refractivity contribution in [2.75, 3.05) is 5.32 Å². The van der Waals surface area contributed by atoms with E-state index in [0.717, 1.165) is 30.5 Å². The maximum absolute atomic E-state index is 11.7. The van der Waals surface area contributed by atoms with Gasteiger partial charge in [-0.1, -0.05) is 24.3 Å². The van der Waals surface area contributed by atoms with Crippen molar-refractivity contribution < 1.29 is 8.42 Å². The van der Waals surface area contributed by atoms with Crippen LogP contribution >= 0.6 is 0 Å². The van der Waals surface area contributed by atoms with E-state index in [2.05, 4.69) is 29.6 Å². The summed E-state index contributed by atoms with van der Waals surface area (Å²) < 4.78 is 23.3. The number of benzene rings is 1. The van der Waals surface area contributed by atoms with E-state index in [4.69, 9.17) is 5.14 Å². The van der Waals surface area contributed by atoms with Gasteiger partial charge >= 0.3 is 0 Å². The summed E-state index contributed by atoms with van der Waals surface area (Å²) in [4.78, 5) is 0.205. The molecule has 0 unspecified atom stereocenters. The smallest absolute Gasteiger partial charge is 0.238 e. The van der Waals surface area contributed by atoms with E-state index in [-0.39, 0.29) is 4.90 Å². The van der Waals surface area contributed by atoms with E-state index in [0.29, 0.717) is 23.8 Å². The molecule has 0 fully saturated rings. The van der Waals surface area contributed by atoms with Crippen molar-refractivity contribution in [3.8, 4) is 0 Å². The summed E-state index contributed by atoms with van der Waals surface area (Å²) >= 11 is 0. The Balaban J connectivity index is 1.73. The molecule has 3 N–H and O–H groups in total. The Labute approximate surface area is 137 Å². The Morgan fingerprint density at radius 3 is 2.74 bits per heavy atom. The molecule has 0 radical (unpaired) electrons. The van der Waals surface area contributed by atoms with Gasteiger partial charge in [-0.3, -0.25) is 0 Å². The molecule has 0 amide bonds. The quantitative estimate of drug-likeness (QED) is 0.818. The normalized spacial score (nSPS) is 32.2. The fourth-order valence-corrected chi connectivity index (χ4v) is 4.95. The zero-order valence-electron chi connectivity index (χ0n) is 13.0. The van der Waals surface area contributed by atoms with Gasteiger partial charge in [0, 0.05) is 17.6 Å². The standard InChI is InChI=1S/C18H22N2O2S/c19-23(21,22)13-9-10-17-16(11-13)14-7-4-8-15(14)18(20-17)12-5-2-1-3-6-12/h1-2,4,7,9-12,14-15,18,20H,3,5-6,8H2,(H2,19,21,22)/t12-,14-,15+,18-/m1/s1. The molecule has 1 heterocycles. The van der Waals surface area contributed by atoms with Crippen LogP contribution in [0.1, 0.15) is 37.2 Å². The Bertz CT molecular complexity index is 782. The number of hydrogen-bond acceptors (Lipinski definition) is 3. The van der Waals surface area contributed by atoms with Crippen molar-refractivity contribution in [2.24, 2.45) is 17.0 Å². The molecule has 1 aromatic rings. The van der Waals surface area contributed by atoms with Crippen molar-refractivity contribution in [1.82, 2.24) is 0 Å². The van der Waals surface area contributed by atoms with Gasteiger partial charge in [0.1, 0.15) is 0 Å². The van der Waals surface area contributed by atoms with Gasteiger partial charge in [-0.25, -0.2) is 13.6 Å². The lowest BCUT2D eigenvalue weighted by Gasteiger charge is -2.42. The predicted octanol–water partition coefficient (Wildman–Crippen LogP) is 3.14. The first-order valence-electron chi connectivity index (χ1n) is 8.29. The summed E-state index contributed by atoms with van der Waals surface area (Å²) in [6.45, 7) is 0. The first-order valence-corrected chi connectivity index (χ1v) is 9.83. The minimum atomic E-state index is -3.66. The number of allylic oxidation sites excluding steroid dienone is 4. The first kappa shape index (κ1) is 15.0. The molecule has 0 bridgehead atoms. The van der Waals surface area contributed by atoms with Crippen LogP contribution in [0.15, 0.2) is 47.4 Å². The third kappa shape index (κ3) is 2.62. The summed E-state index contributed by atoms with van der Waals surface area (Å²) in [5.74, 6) is 1.46. The highest BCUT2D eigenvalue weighted by Crippen LogP contribution is 2.48. The molecule has 3 aliphatic rings. The molecule has 5 heteroatoms. The molecule has 1 aliphatic heterocycles. The number of nitrogens with one attached hydrogen (secondary N) is 1. The van der Waals surface area contributed by atoms with Gasteiger partial charge in [-0.2, -0.15) is 0 Å². The van der Waals surface area contributed by atoms with E-state index in [1.165, 1.54) is 6.42 Å². The Kier molecular flexibility index (Phi) is 3.58. The number of anilines is 1. The monoisotopic (exact) mass is 330 g/mol. The summed E-state index contributed by atoms with van der Waals surface area (Å²) in [5.41, 5.74) is 2.13. The fourth-order valence-electron chi connectivity index (χ4n) is 4.40. The molecular formula is C18H22N2O2S. The highest BCUT2D eigenvalue weighted by atomic mass is 32.2. The molecule has 122 valence electrons. The van der Waals surface area contributed by atoms with Crippen LogP contribution in [-0.2, 0) is 10.0 Å². The summed E-state index contributed by atoms with van der Waals surface area (Å²) in [7, 11) is -3.66. The minimum Gasteiger partial charge on any atom is -0.381 e. The topological polar surface area (TPSA) is 72.2 Å². The highest BCUT2D eigenvalue weighted by Gasteiger charge is 2.40. The SMILES string of the molecule is NS(=O)(=O)c1ccc2c(c1)[C@@H]1C=CC[C@@H]1[C@@H]([C@@H]1CC=CCC1)N2. The second kappa shape index (κ2) is 5.49. The summed E-state index contributed by atoms with van der Waals surface area (Å²) in [6.07, 6.45) is 13.6. The van der Waals surface area contributed by atoms with Gasteiger partial charge in [-0.05, 0) is 61.3 Å². The maximum atomic E-state index is 11.7. The molecule has 2 aliphatic carbocycles. The van der Waals surface area contributed by atoms with Crippen LogP contribution < -0.4 is 10.5 Å². The van der Waals surface area contributed by atoms with Crippen LogP contribution in [0.3, 0.4) is 0 Å². The van der Waals surface area contributed by atoms with E-state index in [1.807, 2.05) is 6.07 Å². The van der Waals surface area contributed by atoms with Gasteiger partial charge in [-0.15, -0.1) is 0 Å². The van der Waals surface area contributed by atoms with E-state index >= 15 is 0 Å². The van der Waals surface area contributed by atoms with Gasteiger partial charge in [0.05, 0.1) is 4.90 Å². The Morgan fingerprint density at radius 2 is 2.00 bits per heavy atom. The fraction of sp³-hybridized carbons (Fsp3) is 0.444. The number of hydrogen-bond donors (Lipinski definition) is 2. The van der Waals surface area contributed by atoms with E-state index in [1.54, 1.807) is 12.1 Å². The molecule has 0 spiro atoms. The van der Waals surface area contributed by atoms with Crippen LogP contribution in [0.5, 0.6) is 0 Å². The lowest BCUT2D eigenvalue weighted by molar-refractivity contribution is 0.294. The lowest BCUT2D eigenvalue weighted by atomic mass is 9.72. The Morgan fingerprint density at radius 1 is 1.13 bits per heavy atom. The minimum absolute atomic E-state index is 0.205. The Hall–Kier alpha value is -1.59. The van der Waals surface area contributed by atoms with Crippen LogP contribution in [0, 0.1) is 11.8 Å². The third-order valence-electron chi connectivity index (χ3n) is 5.52. The van der Waals surface area contributed by atoms with Crippen LogP contribution in [0.25, 0.3) is 0 Å². The zero-order valence-corrected chi connectivity index (χ0v) is 13.8. The summed E-state index contributed by atoms with van der Waals surface area (Å²) in [5, 5.41) is 9.00. The van der Waals surface area contributed by atoms with Crippen molar-refractivity contribution in [3.63, 3.8) is 0 Å². The molecule has 4 atom stereocenters. The van der Waals surface area contributed by atoms with Gasteiger partial charge < -0.3 is 5.32 Å². The van der Waals surface area contributed by atoms with Crippen molar-refractivity contribution in [3.05, 3.63) is 48.1 Å². The average Bonchev–Trinajstić information content (AvgIpc) is 3.03. The van der Waals surface area contributed by atoms with E-state index < -0.39 is 10.0 Å². The van der Waals surface area contributed by atoms with Gasteiger partial charge in [0.2, 0.25) is 10.0 Å². The molecule has 0 saturated carbocycles. The lowest BCUT2D eigenvalue weighted by Crippen LogP contribution is -2.41. The number of sulfonamides is 1. The number of nitrogens with two attached hydrogens (primary N) is 1. The first-order chi connectivity index (χ1) is 11.0. The van der Waals surface area contributed by atoms with Crippen LogP contribution in [0.2, 0.25) is 0 Å². The second-order valence-corrected chi connectivity index (χ2v) is 8.42. The number of fused-ring (bicyclic) bond motifs is 3. The number of primary sulfonamides is 1. The molecule has 0 aromatic heterocycles. The number of rotatable bonds is 2. The van der Waals surface area contributed by atoms with Crippen LogP contribution in [0.4, 0.5) is 5.69 Å². The van der Waals surface area contributed by atoms with E-state index in [9.17, 15) is 8.42 Å². The summed E-state index contributed by atoms with van der Waals surface area (Å²) in [6, 6.07) is 5.69. The largest absolute Gasteiger partial charge is 0.381 e. The third-order valence-corrected chi connectivity index (χ3v) is 6.44. The molecule has 23 heavy (non-hydrogen) atoms.